The quantitative estimate of drug-likeness (QED) is 0.236. The van der Waals surface area contributed by atoms with Crippen LogP contribution in [0.1, 0.15) is 48.1 Å². The van der Waals surface area contributed by atoms with Gasteiger partial charge in [0, 0.05) is 16.0 Å². The van der Waals surface area contributed by atoms with Gasteiger partial charge in [0.15, 0.2) is 0 Å². The first-order valence-electron chi connectivity index (χ1n) is 12.1. The minimum atomic E-state index is -0.477. The van der Waals surface area contributed by atoms with Gasteiger partial charge in [0.2, 0.25) is 0 Å². The lowest BCUT2D eigenvalue weighted by molar-refractivity contribution is 0.0467. The second-order valence-corrected chi connectivity index (χ2v) is 10.4. The van der Waals surface area contributed by atoms with Gasteiger partial charge in [-0.1, -0.05) is 80.1 Å². The predicted octanol–water partition coefficient (Wildman–Crippen LogP) is 7.10. The molecule has 5 aromatic rings. The van der Waals surface area contributed by atoms with Gasteiger partial charge in [0.25, 0.3) is 0 Å². The van der Waals surface area contributed by atoms with Crippen LogP contribution in [0, 0.1) is 6.92 Å². The first-order chi connectivity index (χ1) is 17.7. The number of aromatic nitrogens is 4. The summed E-state index contributed by atoms with van der Waals surface area (Å²) in [5.74, 6) is -0.477. The summed E-state index contributed by atoms with van der Waals surface area (Å²) in [6.07, 6.45) is 1.77. The minimum absolute atomic E-state index is 0.0137. The molecule has 0 bridgehead atoms. The van der Waals surface area contributed by atoms with Crippen molar-refractivity contribution < 1.29 is 9.53 Å². The van der Waals surface area contributed by atoms with Crippen molar-refractivity contribution >= 4 is 28.5 Å². The van der Waals surface area contributed by atoms with Crippen molar-refractivity contribution in [1.29, 1.82) is 0 Å². The smallest absolute Gasteiger partial charge is 0.341 e. The molecule has 0 saturated heterocycles. The van der Waals surface area contributed by atoms with E-state index in [9.17, 15) is 4.79 Å². The third-order valence-corrected chi connectivity index (χ3v) is 6.52. The molecule has 0 spiro atoms. The number of carbonyl (C=O) groups excluding carboxylic acids is 1. The van der Waals surface area contributed by atoms with E-state index < -0.39 is 5.97 Å². The molecular formula is C30H27ClN4O2. The lowest BCUT2D eigenvalue weighted by atomic mass is 9.87. The van der Waals surface area contributed by atoms with Gasteiger partial charge in [-0.2, -0.15) is 0 Å². The molecule has 0 saturated carbocycles. The molecule has 0 radical (unpaired) electrons. The van der Waals surface area contributed by atoms with Crippen molar-refractivity contribution in [3.8, 4) is 16.8 Å². The molecule has 5 rings (SSSR count). The maximum Gasteiger partial charge on any atom is 0.341 e. The highest BCUT2D eigenvalue weighted by Gasteiger charge is 2.22. The number of halogens is 1. The fourth-order valence-corrected chi connectivity index (χ4v) is 4.50. The summed E-state index contributed by atoms with van der Waals surface area (Å²) in [6.45, 7) is 8.33. The van der Waals surface area contributed by atoms with Crippen LogP contribution in [0.5, 0.6) is 0 Å². The van der Waals surface area contributed by atoms with Crippen LogP contribution in [-0.4, -0.2) is 25.9 Å². The van der Waals surface area contributed by atoms with E-state index in [0.29, 0.717) is 22.0 Å². The lowest BCUT2D eigenvalue weighted by Crippen LogP contribution is -2.11. The number of esters is 1. The molecule has 186 valence electrons. The van der Waals surface area contributed by atoms with E-state index in [1.54, 1.807) is 16.9 Å². The summed E-state index contributed by atoms with van der Waals surface area (Å²) in [5.41, 5.74) is 6.13. The number of nitrogens with zero attached hydrogens (tertiary/aromatic N) is 4. The third-order valence-electron chi connectivity index (χ3n) is 6.28. The van der Waals surface area contributed by atoms with Crippen molar-refractivity contribution in [1.82, 2.24) is 20.0 Å². The highest BCUT2D eigenvalue weighted by molar-refractivity contribution is 6.31. The molecule has 7 heteroatoms. The largest absolute Gasteiger partial charge is 0.455 e. The van der Waals surface area contributed by atoms with Crippen LogP contribution >= 0.6 is 11.6 Å². The SMILES string of the molecule is Cc1nc2ccc(Cl)cc2c(-c2ccccc2)c1C(=O)OCc1cn(-c2ccc(C(C)(C)C)cc2)nn1. The lowest BCUT2D eigenvalue weighted by Gasteiger charge is -2.19. The molecule has 0 fully saturated rings. The molecule has 0 aliphatic heterocycles. The molecule has 0 aliphatic carbocycles. The van der Waals surface area contributed by atoms with E-state index in [-0.39, 0.29) is 12.0 Å². The summed E-state index contributed by atoms with van der Waals surface area (Å²) >= 11 is 6.31. The number of ether oxygens (including phenoxy) is 1. The topological polar surface area (TPSA) is 69.9 Å². The van der Waals surface area contributed by atoms with Crippen molar-refractivity contribution in [2.45, 2.75) is 39.7 Å². The summed E-state index contributed by atoms with van der Waals surface area (Å²) in [6, 6.07) is 23.4. The molecule has 0 amide bonds. The molecule has 6 nitrogen and oxygen atoms in total. The third kappa shape index (κ3) is 5.11. The average Bonchev–Trinajstić information content (AvgIpc) is 3.36. The monoisotopic (exact) mass is 510 g/mol. The van der Waals surface area contributed by atoms with E-state index in [4.69, 9.17) is 16.3 Å². The Kier molecular flexibility index (Phi) is 6.52. The number of aryl methyl sites for hydroxylation is 1. The molecule has 0 unspecified atom stereocenters. The van der Waals surface area contributed by atoms with E-state index in [0.717, 1.165) is 27.7 Å². The van der Waals surface area contributed by atoms with Crippen LogP contribution in [0.2, 0.25) is 5.02 Å². The zero-order valence-electron chi connectivity index (χ0n) is 21.2. The van der Waals surface area contributed by atoms with Crippen LogP contribution in [0.4, 0.5) is 0 Å². The number of hydrogen-bond acceptors (Lipinski definition) is 5. The first kappa shape index (κ1) is 24.7. The predicted molar refractivity (Wildman–Crippen MR) is 146 cm³/mol. The van der Waals surface area contributed by atoms with Crippen molar-refractivity contribution in [3.63, 3.8) is 0 Å². The van der Waals surface area contributed by atoms with Crippen molar-refractivity contribution in [3.05, 3.63) is 107 Å². The number of carbonyl (C=O) groups is 1. The van der Waals surface area contributed by atoms with Crippen LogP contribution < -0.4 is 0 Å². The number of hydrogen-bond donors (Lipinski definition) is 0. The van der Waals surface area contributed by atoms with E-state index in [2.05, 4.69) is 48.2 Å². The highest BCUT2D eigenvalue weighted by atomic mass is 35.5. The van der Waals surface area contributed by atoms with Gasteiger partial charge in [0.05, 0.1) is 28.7 Å². The maximum atomic E-state index is 13.4. The second kappa shape index (κ2) is 9.79. The average molecular weight is 511 g/mol. The Morgan fingerprint density at radius 1 is 1.00 bits per heavy atom. The molecule has 0 aliphatic rings. The van der Waals surface area contributed by atoms with Crippen molar-refractivity contribution in [2.75, 3.05) is 0 Å². The number of benzene rings is 3. The molecule has 0 atom stereocenters. The fraction of sp³-hybridized carbons (Fsp3) is 0.200. The number of rotatable bonds is 5. The summed E-state index contributed by atoms with van der Waals surface area (Å²) in [4.78, 5) is 18.1. The Hall–Kier alpha value is -4.03. The van der Waals surface area contributed by atoms with Gasteiger partial charge in [-0.25, -0.2) is 9.48 Å². The Bertz CT molecular complexity index is 1590. The van der Waals surface area contributed by atoms with Crippen LogP contribution in [-0.2, 0) is 16.8 Å². The van der Waals surface area contributed by atoms with Crippen LogP contribution in [0.3, 0.4) is 0 Å². The van der Waals surface area contributed by atoms with Gasteiger partial charge >= 0.3 is 5.97 Å². The first-order valence-corrected chi connectivity index (χ1v) is 12.4. The summed E-state index contributed by atoms with van der Waals surface area (Å²) < 4.78 is 7.40. The standard InChI is InChI=1S/C30H27ClN4O2/c1-19-27(28(20-8-6-5-7-9-20)25-16-22(31)12-15-26(25)32-19)29(36)37-18-23-17-35(34-33-23)24-13-10-21(11-14-24)30(2,3)4/h5-17H,18H2,1-4H3. The molecule has 2 heterocycles. The Morgan fingerprint density at radius 3 is 2.43 bits per heavy atom. The number of fused-ring (bicyclic) bond motifs is 1. The van der Waals surface area contributed by atoms with Crippen LogP contribution in [0.15, 0.2) is 79.0 Å². The molecule has 3 aromatic carbocycles. The zero-order chi connectivity index (χ0) is 26.2. The molecular weight excluding hydrogens is 484 g/mol. The van der Waals surface area contributed by atoms with Gasteiger partial charge in [0.1, 0.15) is 12.3 Å². The minimum Gasteiger partial charge on any atom is -0.455 e. The van der Waals surface area contributed by atoms with Gasteiger partial charge in [-0.15, -0.1) is 5.10 Å². The van der Waals surface area contributed by atoms with Gasteiger partial charge < -0.3 is 4.74 Å². The summed E-state index contributed by atoms with van der Waals surface area (Å²) in [7, 11) is 0. The molecule has 37 heavy (non-hydrogen) atoms. The van der Waals surface area contributed by atoms with E-state index in [1.807, 2.05) is 61.5 Å². The summed E-state index contributed by atoms with van der Waals surface area (Å²) in [5, 5.41) is 9.77. The molecule has 2 aromatic heterocycles. The molecule has 0 N–H and O–H groups in total. The van der Waals surface area contributed by atoms with E-state index >= 15 is 0 Å². The Labute approximate surface area is 220 Å². The van der Waals surface area contributed by atoms with Crippen LogP contribution in [0.25, 0.3) is 27.7 Å². The highest BCUT2D eigenvalue weighted by Crippen LogP contribution is 2.35. The van der Waals surface area contributed by atoms with Gasteiger partial charge in [-0.05, 0) is 53.8 Å². The fourth-order valence-electron chi connectivity index (χ4n) is 4.33. The Morgan fingerprint density at radius 2 is 1.73 bits per heavy atom. The Balaban J connectivity index is 1.43. The van der Waals surface area contributed by atoms with Gasteiger partial charge in [-0.3, -0.25) is 4.98 Å². The van der Waals surface area contributed by atoms with E-state index in [1.165, 1.54) is 5.56 Å². The van der Waals surface area contributed by atoms with Crippen molar-refractivity contribution in [2.24, 2.45) is 0 Å². The maximum absolute atomic E-state index is 13.4. The number of pyridine rings is 1. The second-order valence-electron chi connectivity index (χ2n) is 10.0. The normalized spacial score (nSPS) is 11.6. The zero-order valence-corrected chi connectivity index (χ0v) is 22.0.